The van der Waals surface area contributed by atoms with Gasteiger partial charge in [-0.2, -0.15) is 0 Å². The van der Waals surface area contributed by atoms with Crippen molar-refractivity contribution < 1.29 is 9.50 Å². The first kappa shape index (κ1) is 13.7. The van der Waals surface area contributed by atoms with Crippen LogP contribution in [-0.4, -0.2) is 5.11 Å². The summed E-state index contributed by atoms with van der Waals surface area (Å²) in [5, 5.41) is 10.1. The summed E-state index contributed by atoms with van der Waals surface area (Å²) in [6, 6.07) is 12.5. The van der Waals surface area contributed by atoms with Crippen molar-refractivity contribution in [2.45, 2.75) is 12.5 Å². The van der Waals surface area contributed by atoms with Crippen LogP contribution >= 0.6 is 31.9 Å². The van der Waals surface area contributed by atoms with E-state index in [1.807, 2.05) is 24.3 Å². The highest BCUT2D eigenvalue weighted by Gasteiger charge is 2.15. The maximum Gasteiger partial charge on any atom is 0.143 e. The summed E-state index contributed by atoms with van der Waals surface area (Å²) < 4.78 is 15.2. The molecule has 0 bridgehead atoms. The molecule has 2 aromatic rings. The third-order valence-corrected chi connectivity index (χ3v) is 3.82. The maximum atomic E-state index is 13.8. The molecule has 0 radical (unpaired) electrons. The average Bonchev–Trinajstić information content (AvgIpc) is 2.35. The zero-order valence-corrected chi connectivity index (χ0v) is 12.6. The second-order valence-corrected chi connectivity index (χ2v) is 5.76. The molecule has 0 aliphatic rings. The molecule has 0 aliphatic heterocycles. The molecular weight excluding hydrogens is 363 g/mol. The van der Waals surface area contributed by atoms with Gasteiger partial charge in [-0.1, -0.05) is 40.2 Å². The third kappa shape index (κ3) is 3.19. The molecular formula is C14H11Br2FO. The number of hydrogen-bond donors (Lipinski definition) is 1. The summed E-state index contributed by atoms with van der Waals surface area (Å²) >= 11 is 6.47. The van der Waals surface area contributed by atoms with Crippen LogP contribution in [0.5, 0.6) is 0 Å². The van der Waals surface area contributed by atoms with Crippen molar-refractivity contribution in [3.05, 3.63) is 68.4 Å². The van der Waals surface area contributed by atoms with Crippen LogP contribution in [0.4, 0.5) is 4.39 Å². The van der Waals surface area contributed by atoms with Crippen molar-refractivity contribution >= 4 is 31.9 Å². The van der Waals surface area contributed by atoms with Gasteiger partial charge in [-0.15, -0.1) is 0 Å². The fourth-order valence-corrected chi connectivity index (χ4v) is 2.38. The molecule has 0 aromatic heterocycles. The quantitative estimate of drug-likeness (QED) is 0.831. The van der Waals surface area contributed by atoms with E-state index < -0.39 is 11.9 Å². The Hall–Kier alpha value is -0.710. The Labute approximate surface area is 122 Å². The van der Waals surface area contributed by atoms with Gasteiger partial charge in [0.15, 0.2) is 0 Å². The summed E-state index contributed by atoms with van der Waals surface area (Å²) in [4.78, 5) is 0. The van der Waals surface area contributed by atoms with Crippen molar-refractivity contribution in [3.63, 3.8) is 0 Å². The molecule has 0 saturated carbocycles. The van der Waals surface area contributed by atoms with Crippen LogP contribution in [-0.2, 0) is 6.42 Å². The highest BCUT2D eigenvalue weighted by atomic mass is 79.9. The zero-order valence-electron chi connectivity index (χ0n) is 9.41. The minimum atomic E-state index is -0.844. The lowest BCUT2D eigenvalue weighted by molar-refractivity contribution is 0.173. The van der Waals surface area contributed by atoms with Crippen molar-refractivity contribution in [2.75, 3.05) is 0 Å². The highest BCUT2D eigenvalue weighted by molar-refractivity contribution is 9.10. The molecule has 0 spiro atoms. The second-order valence-electron chi connectivity index (χ2n) is 3.99. The van der Waals surface area contributed by atoms with Gasteiger partial charge < -0.3 is 5.11 Å². The number of benzene rings is 2. The van der Waals surface area contributed by atoms with E-state index in [0.29, 0.717) is 16.5 Å². The van der Waals surface area contributed by atoms with Crippen molar-refractivity contribution in [3.8, 4) is 0 Å². The van der Waals surface area contributed by atoms with E-state index in [9.17, 15) is 9.50 Å². The summed E-state index contributed by atoms with van der Waals surface area (Å²) in [5.74, 6) is -0.401. The number of halogens is 3. The molecule has 1 unspecified atom stereocenters. The molecule has 0 aliphatic carbocycles. The Morgan fingerprint density at radius 3 is 2.39 bits per heavy atom. The van der Waals surface area contributed by atoms with Gasteiger partial charge in [0.05, 0.1) is 10.6 Å². The normalized spacial score (nSPS) is 12.4. The molecule has 94 valence electrons. The standard InChI is InChI=1S/C14H11Br2FO/c15-10-6-4-9(5-7-10)8-13(18)11-2-1-3-12(16)14(11)17/h1-7,13,18H,8H2. The predicted molar refractivity (Wildman–Crippen MR) is 76.9 cm³/mol. The molecule has 2 rings (SSSR count). The lowest BCUT2D eigenvalue weighted by Crippen LogP contribution is -2.04. The summed E-state index contributed by atoms with van der Waals surface area (Å²) in [6.07, 6.45) is -0.454. The van der Waals surface area contributed by atoms with Crippen LogP contribution in [0.25, 0.3) is 0 Å². The van der Waals surface area contributed by atoms with E-state index in [-0.39, 0.29) is 0 Å². The van der Waals surface area contributed by atoms with Gasteiger partial charge in [0.1, 0.15) is 5.82 Å². The minimum absolute atomic E-state index is 0.312. The Kier molecular flexibility index (Phi) is 4.54. The van der Waals surface area contributed by atoms with Gasteiger partial charge >= 0.3 is 0 Å². The highest BCUT2D eigenvalue weighted by Crippen LogP contribution is 2.26. The Balaban J connectivity index is 2.19. The lowest BCUT2D eigenvalue weighted by atomic mass is 10.0. The smallest absolute Gasteiger partial charge is 0.143 e. The van der Waals surface area contributed by atoms with Gasteiger partial charge in [0.2, 0.25) is 0 Å². The first-order valence-corrected chi connectivity index (χ1v) is 7.03. The topological polar surface area (TPSA) is 20.2 Å². The van der Waals surface area contributed by atoms with E-state index in [2.05, 4.69) is 31.9 Å². The molecule has 0 saturated heterocycles. The van der Waals surface area contributed by atoms with Crippen molar-refractivity contribution in [1.82, 2.24) is 0 Å². The summed E-state index contributed by atoms with van der Waals surface area (Å²) in [6.45, 7) is 0. The van der Waals surface area contributed by atoms with Gasteiger partial charge in [0, 0.05) is 16.5 Å². The van der Waals surface area contributed by atoms with Crippen LogP contribution in [0.1, 0.15) is 17.2 Å². The maximum absolute atomic E-state index is 13.8. The largest absolute Gasteiger partial charge is 0.388 e. The molecule has 18 heavy (non-hydrogen) atoms. The SMILES string of the molecule is OC(Cc1ccc(Br)cc1)c1cccc(Br)c1F. The molecule has 0 fully saturated rings. The lowest BCUT2D eigenvalue weighted by Gasteiger charge is -2.12. The average molecular weight is 374 g/mol. The molecule has 0 heterocycles. The number of rotatable bonds is 3. The van der Waals surface area contributed by atoms with Gasteiger partial charge in [-0.25, -0.2) is 4.39 Å². The Morgan fingerprint density at radius 2 is 1.72 bits per heavy atom. The minimum Gasteiger partial charge on any atom is -0.388 e. The van der Waals surface area contributed by atoms with Crippen LogP contribution in [0.3, 0.4) is 0 Å². The Bertz CT molecular complexity index is 540. The number of aliphatic hydroxyl groups excluding tert-OH is 1. The second kappa shape index (κ2) is 5.95. The molecule has 1 nitrogen and oxygen atoms in total. The van der Waals surface area contributed by atoms with Crippen LogP contribution in [0.15, 0.2) is 51.4 Å². The molecule has 1 atom stereocenters. The Morgan fingerprint density at radius 1 is 1.06 bits per heavy atom. The fourth-order valence-electron chi connectivity index (χ4n) is 1.73. The first-order chi connectivity index (χ1) is 8.58. The molecule has 2 aromatic carbocycles. The van der Waals surface area contributed by atoms with E-state index >= 15 is 0 Å². The van der Waals surface area contributed by atoms with E-state index in [1.54, 1.807) is 18.2 Å². The van der Waals surface area contributed by atoms with Crippen LogP contribution in [0.2, 0.25) is 0 Å². The molecule has 1 N–H and O–H groups in total. The molecule has 4 heteroatoms. The summed E-state index contributed by atoms with van der Waals surface area (Å²) in [7, 11) is 0. The number of aliphatic hydroxyl groups is 1. The molecule has 0 amide bonds. The number of hydrogen-bond acceptors (Lipinski definition) is 1. The van der Waals surface area contributed by atoms with Crippen LogP contribution < -0.4 is 0 Å². The van der Waals surface area contributed by atoms with Gasteiger partial charge in [-0.3, -0.25) is 0 Å². The van der Waals surface area contributed by atoms with Crippen molar-refractivity contribution in [1.29, 1.82) is 0 Å². The first-order valence-electron chi connectivity index (χ1n) is 5.44. The van der Waals surface area contributed by atoms with E-state index in [4.69, 9.17) is 0 Å². The fraction of sp³-hybridized carbons (Fsp3) is 0.143. The summed E-state index contributed by atoms with van der Waals surface area (Å²) in [5.41, 5.74) is 1.28. The predicted octanol–water partition coefficient (Wildman–Crippen LogP) is 4.63. The van der Waals surface area contributed by atoms with Gasteiger partial charge in [-0.05, 0) is 39.7 Å². The van der Waals surface area contributed by atoms with E-state index in [1.165, 1.54) is 0 Å². The van der Waals surface area contributed by atoms with Gasteiger partial charge in [0.25, 0.3) is 0 Å². The monoisotopic (exact) mass is 372 g/mol. The zero-order chi connectivity index (χ0) is 13.1. The van der Waals surface area contributed by atoms with Crippen molar-refractivity contribution in [2.24, 2.45) is 0 Å². The third-order valence-electron chi connectivity index (χ3n) is 2.68. The van der Waals surface area contributed by atoms with Crippen LogP contribution in [0, 0.1) is 5.82 Å². The van der Waals surface area contributed by atoms with E-state index in [0.717, 1.165) is 10.0 Å².